The minimum Gasteiger partial charge on any atom is -0.394 e. The third kappa shape index (κ3) is 7.62. The third-order valence-electron chi connectivity index (χ3n) is 7.37. The van der Waals surface area contributed by atoms with Crippen LogP contribution in [0.15, 0.2) is 48.5 Å². The molecule has 0 heterocycles. The lowest BCUT2D eigenvalue weighted by atomic mass is 9.71. The molecule has 37 heavy (non-hydrogen) atoms. The second kappa shape index (κ2) is 11.9. The van der Waals surface area contributed by atoms with E-state index in [-0.39, 0.29) is 30.1 Å². The van der Waals surface area contributed by atoms with E-state index in [1.54, 1.807) is 12.1 Å². The van der Waals surface area contributed by atoms with Gasteiger partial charge in [-0.2, -0.15) is 0 Å². The van der Waals surface area contributed by atoms with Crippen LogP contribution in [0.1, 0.15) is 83.6 Å². The molecule has 1 unspecified atom stereocenters. The van der Waals surface area contributed by atoms with Gasteiger partial charge in [-0.15, -0.1) is 0 Å². The van der Waals surface area contributed by atoms with Crippen LogP contribution in [0.2, 0.25) is 0 Å². The molecule has 2 aromatic carbocycles. The topological polar surface area (TPSA) is 121 Å². The quantitative estimate of drug-likeness (QED) is 0.272. The summed E-state index contributed by atoms with van der Waals surface area (Å²) in [4.78, 5) is 0. The fourth-order valence-corrected chi connectivity index (χ4v) is 4.94. The van der Waals surface area contributed by atoms with Gasteiger partial charge in [-0.3, -0.25) is 0 Å². The summed E-state index contributed by atoms with van der Waals surface area (Å²) in [7, 11) is 0. The molecule has 2 rings (SSSR count). The number of rotatable bonds is 11. The Hall–Kier alpha value is -1.80. The van der Waals surface area contributed by atoms with Crippen molar-refractivity contribution in [2.45, 2.75) is 114 Å². The van der Waals surface area contributed by atoms with E-state index in [0.29, 0.717) is 12.0 Å². The van der Waals surface area contributed by atoms with E-state index in [9.17, 15) is 30.6 Å². The van der Waals surface area contributed by atoms with E-state index in [1.807, 2.05) is 43.3 Å². The Morgan fingerprint density at radius 1 is 0.676 bits per heavy atom. The summed E-state index contributed by atoms with van der Waals surface area (Å²) in [5, 5.41) is 65.9. The van der Waals surface area contributed by atoms with Crippen LogP contribution in [0, 0.1) is 0 Å². The summed E-state index contributed by atoms with van der Waals surface area (Å²) in [6, 6.07) is 15.2. The molecule has 0 spiro atoms. The SMILES string of the molecule is CCCC(O)(Cc1ccc(C(C)(C)C)cc1)[C@@H](O)[C@@](O)(Cc1ccc(C(C)(C)C)cc1)[C@H](O)[C@@H](O)CO. The Bertz CT molecular complexity index is 973. The van der Waals surface area contributed by atoms with E-state index in [0.717, 1.165) is 16.7 Å². The number of aliphatic hydroxyl groups excluding tert-OH is 4. The van der Waals surface area contributed by atoms with Crippen molar-refractivity contribution in [2.75, 3.05) is 6.61 Å². The van der Waals surface area contributed by atoms with Gasteiger partial charge >= 0.3 is 0 Å². The highest BCUT2D eigenvalue weighted by Gasteiger charge is 2.54. The number of hydrogen-bond acceptors (Lipinski definition) is 6. The first-order valence-corrected chi connectivity index (χ1v) is 13.3. The molecule has 2 aromatic rings. The fraction of sp³-hybridized carbons (Fsp3) is 0.613. The van der Waals surface area contributed by atoms with Gasteiger partial charge in [0.1, 0.15) is 23.9 Å². The highest BCUT2D eigenvalue weighted by atomic mass is 16.4. The Balaban J connectivity index is 2.47. The molecule has 5 atom stereocenters. The summed E-state index contributed by atoms with van der Waals surface area (Å²) >= 11 is 0. The van der Waals surface area contributed by atoms with Crippen molar-refractivity contribution in [1.29, 1.82) is 0 Å². The monoisotopic (exact) mass is 516 g/mol. The molecule has 208 valence electrons. The zero-order valence-electron chi connectivity index (χ0n) is 23.6. The lowest BCUT2D eigenvalue weighted by molar-refractivity contribution is -0.230. The summed E-state index contributed by atoms with van der Waals surface area (Å²) in [6.45, 7) is 13.7. The molecule has 0 saturated heterocycles. The van der Waals surface area contributed by atoms with Crippen LogP contribution in [-0.4, -0.2) is 66.8 Å². The molecule has 0 aromatic heterocycles. The van der Waals surface area contributed by atoms with Crippen molar-refractivity contribution in [3.8, 4) is 0 Å². The maximum atomic E-state index is 11.8. The maximum absolute atomic E-state index is 11.8. The third-order valence-corrected chi connectivity index (χ3v) is 7.37. The van der Waals surface area contributed by atoms with E-state index < -0.39 is 36.1 Å². The zero-order valence-corrected chi connectivity index (χ0v) is 23.6. The van der Waals surface area contributed by atoms with Crippen LogP contribution in [0.5, 0.6) is 0 Å². The van der Waals surface area contributed by atoms with Crippen molar-refractivity contribution >= 4 is 0 Å². The summed E-state index contributed by atoms with van der Waals surface area (Å²) in [6.07, 6.45) is -4.94. The Labute approximate surface area is 222 Å². The second-order valence-corrected chi connectivity index (χ2v) is 12.7. The maximum Gasteiger partial charge on any atom is 0.126 e. The largest absolute Gasteiger partial charge is 0.394 e. The molecule has 0 saturated carbocycles. The molecule has 0 aliphatic carbocycles. The Morgan fingerprint density at radius 2 is 1.08 bits per heavy atom. The first kappa shape index (κ1) is 31.4. The first-order chi connectivity index (χ1) is 17.0. The van der Waals surface area contributed by atoms with Crippen molar-refractivity contribution < 1.29 is 30.6 Å². The fourth-order valence-electron chi connectivity index (χ4n) is 4.94. The average Bonchev–Trinajstić information content (AvgIpc) is 2.82. The predicted molar refractivity (Wildman–Crippen MR) is 148 cm³/mol. The van der Waals surface area contributed by atoms with Gasteiger partial charge in [-0.1, -0.05) is 103 Å². The van der Waals surface area contributed by atoms with Gasteiger partial charge in [0, 0.05) is 12.8 Å². The van der Waals surface area contributed by atoms with Crippen molar-refractivity contribution in [3.63, 3.8) is 0 Å². The van der Waals surface area contributed by atoms with E-state index in [4.69, 9.17) is 0 Å². The van der Waals surface area contributed by atoms with Gasteiger partial charge in [-0.25, -0.2) is 0 Å². The van der Waals surface area contributed by atoms with Crippen LogP contribution < -0.4 is 0 Å². The van der Waals surface area contributed by atoms with Gasteiger partial charge in [0.15, 0.2) is 0 Å². The smallest absolute Gasteiger partial charge is 0.126 e. The Kier molecular flexibility index (Phi) is 10.1. The van der Waals surface area contributed by atoms with Crippen LogP contribution >= 0.6 is 0 Å². The molecule has 0 amide bonds. The molecule has 6 heteroatoms. The summed E-state index contributed by atoms with van der Waals surface area (Å²) in [5.41, 5.74) is -0.639. The molecule has 0 aliphatic rings. The molecule has 0 bridgehead atoms. The van der Waals surface area contributed by atoms with Gasteiger partial charge in [0.05, 0.1) is 12.2 Å². The highest BCUT2D eigenvalue weighted by molar-refractivity contribution is 5.31. The minimum atomic E-state index is -2.33. The lowest BCUT2D eigenvalue weighted by Gasteiger charge is -2.46. The van der Waals surface area contributed by atoms with Crippen molar-refractivity contribution in [2.24, 2.45) is 0 Å². The van der Waals surface area contributed by atoms with Gasteiger partial charge in [-0.05, 0) is 39.5 Å². The van der Waals surface area contributed by atoms with Crippen LogP contribution in [0.4, 0.5) is 0 Å². The normalized spacial score (nSPS) is 18.5. The molecule has 0 aliphatic heterocycles. The van der Waals surface area contributed by atoms with Crippen LogP contribution in [0.25, 0.3) is 0 Å². The van der Waals surface area contributed by atoms with Crippen molar-refractivity contribution in [1.82, 2.24) is 0 Å². The van der Waals surface area contributed by atoms with E-state index in [1.165, 1.54) is 0 Å². The first-order valence-electron chi connectivity index (χ1n) is 13.3. The number of hydrogen-bond donors (Lipinski definition) is 6. The molecular weight excluding hydrogens is 468 g/mol. The second-order valence-electron chi connectivity index (χ2n) is 12.7. The molecule has 0 radical (unpaired) electrons. The van der Waals surface area contributed by atoms with E-state index >= 15 is 0 Å². The standard InChI is InChI=1S/C31H48O6/c1-8-17-30(36,18-21-9-13-23(14-10-21)28(2,3)4)27(35)31(37,26(34)25(33)20-32)19-22-11-15-24(16-12-22)29(5,6)7/h9-16,25-27,32-37H,8,17-20H2,1-7H3/t25-,26+,27+,30?,31+/m0/s1. The molecule has 6 N–H and O–H groups in total. The van der Waals surface area contributed by atoms with Gasteiger partial charge in [0.2, 0.25) is 0 Å². The van der Waals surface area contributed by atoms with Gasteiger partial charge < -0.3 is 30.6 Å². The molecule has 6 nitrogen and oxygen atoms in total. The van der Waals surface area contributed by atoms with Crippen LogP contribution in [0.3, 0.4) is 0 Å². The number of benzene rings is 2. The average molecular weight is 517 g/mol. The molecular formula is C31H48O6. The summed E-state index contributed by atoms with van der Waals surface area (Å²) in [5.74, 6) is 0. The number of aliphatic hydroxyl groups is 6. The highest BCUT2D eigenvalue weighted by Crippen LogP contribution is 2.36. The van der Waals surface area contributed by atoms with E-state index in [2.05, 4.69) is 41.5 Å². The zero-order chi connectivity index (χ0) is 28.2. The van der Waals surface area contributed by atoms with Gasteiger partial charge in [0.25, 0.3) is 0 Å². The Morgan fingerprint density at radius 3 is 1.43 bits per heavy atom. The predicted octanol–water partition coefficient (Wildman–Crippen LogP) is 3.40. The molecule has 0 fully saturated rings. The summed E-state index contributed by atoms with van der Waals surface area (Å²) < 4.78 is 0. The van der Waals surface area contributed by atoms with Crippen LogP contribution in [-0.2, 0) is 23.7 Å². The lowest BCUT2D eigenvalue weighted by Crippen LogP contribution is -2.66. The minimum absolute atomic E-state index is 0.0366. The van der Waals surface area contributed by atoms with Crippen molar-refractivity contribution in [3.05, 3.63) is 70.8 Å².